The van der Waals surface area contributed by atoms with E-state index >= 15 is 0 Å². The maximum atomic E-state index is 11.7. The van der Waals surface area contributed by atoms with Crippen molar-refractivity contribution in [2.24, 2.45) is 0 Å². The molecule has 3 N–H and O–H groups in total. The van der Waals surface area contributed by atoms with Gasteiger partial charge in [0.2, 0.25) is 0 Å². The molecule has 0 spiro atoms. The van der Waals surface area contributed by atoms with Crippen molar-refractivity contribution in [2.75, 3.05) is 13.1 Å². The lowest BCUT2D eigenvalue weighted by Gasteiger charge is -2.21. The summed E-state index contributed by atoms with van der Waals surface area (Å²) in [6.45, 7) is -1.21. The largest absolute Gasteiger partial charge is 0.480 e. The van der Waals surface area contributed by atoms with Crippen molar-refractivity contribution < 1.29 is 24.6 Å². The molecule has 0 saturated heterocycles. The van der Waals surface area contributed by atoms with Crippen molar-refractivity contribution in [1.82, 2.24) is 10.2 Å². The second kappa shape index (κ2) is 6.07. The molecule has 0 unspecified atom stereocenters. The van der Waals surface area contributed by atoms with Crippen LogP contribution in [0.5, 0.6) is 0 Å². The molecule has 0 bridgehead atoms. The summed E-state index contributed by atoms with van der Waals surface area (Å²) in [6, 6.07) is -0.589. The lowest BCUT2D eigenvalue weighted by molar-refractivity contribution is -0.140. The predicted octanol–water partition coefficient (Wildman–Crippen LogP) is 0.110. The van der Waals surface area contributed by atoms with E-state index in [0.717, 1.165) is 30.6 Å². The van der Waals surface area contributed by atoms with Crippen LogP contribution in [0.2, 0.25) is 0 Å². The SMILES string of the molecule is O=C(O)CN(CC(=O)O)C(=O)NC1CCCC1. The number of hydrogen-bond donors (Lipinski definition) is 3. The number of urea groups is 1. The highest BCUT2D eigenvalue weighted by atomic mass is 16.4. The molecule has 0 aliphatic heterocycles. The maximum Gasteiger partial charge on any atom is 0.323 e. The number of carbonyl (C=O) groups is 3. The average molecular weight is 244 g/mol. The Labute approximate surface area is 98.4 Å². The molecular weight excluding hydrogens is 228 g/mol. The van der Waals surface area contributed by atoms with Crippen LogP contribution < -0.4 is 5.32 Å². The fourth-order valence-corrected chi connectivity index (χ4v) is 1.86. The Morgan fingerprint density at radius 3 is 1.94 bits per heavy atom. The maximum absolute atomic E-state index is 11.7. The Morgan fingerprint density at radius 1 is 1.06 bits per heavy atom. The second-order valence-corrected chi connectivity index (χ2v) is 4.07. The topological polar surface area (TPSA) is 107 Å². The van der Waals surface area contributed by atoms with Crippen LogP contribution in [-0.2, 0) is 9.59 Å². The van der Waals surface area contributed by atoms with Crippen LogP contribution in [0, 0.1) is 0 Å². The molecule has 1 aliphatic rings. The minimum atomic E-state index is -1.23. The highest BCUT2D eigenvalue weighted by Crippen LogP contribution is 2.17. The molecule has 1 fully saturated rings. The van der Waals surface area contributed by atoms with Gasteiger partial charge >= 0.3 is 18.0 Å². The molecule has 7 nitrogen and oxygen atoms in total. The van der Waals surface area contributed by atoms with E-state index in [0.29, 0.717) is 0 Å². The zero-order valence-corrected chi connectivity index (χ0v) is 9.39. The lowest BCUT2D eigenvalue weighted by Crippen LogP contribution is -2.47. The highest BCUT2D eigenvalue weighted by Gasteiger charge is 2.23. The van der Waals surface area contributed by atoms with Gasteiger partial charge in [0.25, 0.3) is 0 Å². The van der Waals surface area contributed by atoms with Gasteiger partial charge in [-0.05, 0) is 12.8 Å². The first-order chi connectivity index (χ1) is 7.99. The summed E-state index contributed by atoms with van der Waals surface area (Å²) >= 11 is 0. The van der Waals surface area contributed by atoms with E-state index in [9.17, 15) is 14.4 Å². The molecule has 1 aliphatic carbocycles. The third-order valence-corrected chi connectivity index (χ3v) is 2.62. The van der Waals surface area contributed by atoms with Gasteiger partial charge in [-0.2, -0.15) is 0 Å². The van der Waals surface area contributed by atoms with Gasteiger partial charge in [0.15, 0.2) is 0 Å². The van der Waals surface area contributed by atoms with Gasteiger partial charge < -0.3 is 20.4 Å². The summed E-state index contributed by atoms with van der Waals surface area (Å²) in [6.07, 6.45) is 3.78. The minimum Gasteiger partial charge on any atom is -0.480 e. The van der Waals surface area contributed by atoms with Gasteiger partial charge in [-0.3, -0.25) is 9.59 Å². The van der Waals surface area contributed by atoms with Crippen LogP contribution in [-0.4, -0.2) is 52.2 Å². The van der Waals surface area contributed by atoms with Crippen LogP contribution in [0.3, 0.4) is 0 Å². The van der Waals surface area contributed by atoms with Gasteiger partial charge in [-0.25, -0.2) is 4.79 Å². The first kappa shape index (κ1) is 13.3. The molecule has 0 atom stereocenters. The van der Waals surface area contributed by atoms with Crippen molar-refractivity contribution in [2.45, 2.75) is 31.7 Å². The van der Waals surface area contributed by atoms with E-state index in [1.54, 1.807) is 0 Å². The molecule has 2 amide bonds. The lowest BCUT2D eigenvalue weighted by atomic mass is 10.2. The Morgan fingerprint density at radius 2 is 1.53 bits per heavy atom. The number of nitrogens with one attached hydrogen (secondary N) is 1. The zero-order valence-electron chi connectivity index (χ0n) is 9.39. The number of carbonyl (C=O) groups excluding carboxylic acids is 1. The van der Waals surface area contributed by atoms with E-state index < -0.39 is 31.1 Å². The molecule has 7 heteroatoms. The standard InChI is InChI=1S/C10H16N2O5/c13-8(14)5-12(6-9(15)16)10(17)11-7-3-1-2-4-7/h7H,1-6H2,(H,11,17)(H,13,14)(H,15,16). The molecular formula is C10H16N2O5. The van der Waals surface area contributed by atoms with Crippen LogP contribution in [0.25, 0.3) is 0 Å². The third-order valence-electron chi connectivity index (χ3n) is 2.62. The molecule has 0 aromatic rings. The van der Waals surface area contributed by atoms with Crippen LogP contribution in [0.1, 0.15) is 25.7 Å². The van der Waals surface area contributed by atoms with Crippen molar-refractivity contribution >= 4 is 18.0 Å². The molecule has 1 rings (SSSR count). The number of hydrogen-bond acceptors (Lipinski definition) is 3. The molecule has 0 aromatic heterocycles. The van der Waals surface area contributed by atoms with E-state index in [-0.39, 0.29) is 6.04 Å². The fraction of sp³-hybridized carbons (Fsp3) is 0.700. The Kier molecular flexibility index (Phi) is 4.74. The molecule has 0 aromatic carbocycles. The summed E-state index contributed by atoms with van der Waals surface area (Å²) in [7, 11) is 0. The monoisotopic (exact) mass is 244 g/mol. The minimum absolute atomic E-state index is 0.0348. The summed E-state index contributed by atoms with van der Waals surface area (Å²) in [5.74, 6) is -2.46. The number of nitrogens with zero attached hydrogens (tertiary/aromatic N) is 1. The van der Waals surface area contributed by atoms with E-state index in [4.69, 9.17) is 10.2 Å². The molecule has 1 saturated carbocycles. The number of carboxylic acid groups (broad SMARTS) is 2. The van der Waals surface area contributed by atoms with Crippen LogP contribution >= 0.6 is 0 Å². The fourth-order valence-electron chi connectivity index (χ4n) is 1.86. The van der Waals surface area contributed by atoms with E-state index in [1.807, 2.05) is 0 Å². The first-order valence-corrected chi connectivity index (χ1v) is 5.48. The average Bonchev–Trinajstić information content (AvgIpc) is 2.67. The van der Waals surface area contributed by atoms with Crippen molar-refractivity contribution in [3.63, 3.8) is 0 Å². The predicted molar refractivity (Wildman–Crippen MR) is 57.6 cm³/mol. The van der Waals surface area contributed by atoms with Crippen LogP contribution in [0.4, 0.5) is 4.79 Å². The van der Waals surface area contributed by atoms with Gasteiger partial charge in [-0.1, -0.05) is 12.8 Å². The molecule has 0 radical (unpaired) electrons. The second-order valence-electron chi connectivity index (χ2n) is 4.07. The molecule has 0 heterocycles. The highest BCUT2D eigenvalue weighted by molar-refractivity contribution is 5.84. The van der Waals surface area contributed by atoms with Gasteiger partial charge in [0.1, 0.15) is 13.1 Å². The van der Waals surface area contributed by atoms with Crippen molar-refractivity contribution in [3.8, 4) is 0 Å². The summed E-state index contributed by atoms with van der Waals surface area (Å²) in [5.41, 5.74) is 0. The summed E-state index contributed by atoms with van der Waals surface area (Å²) in [4.78, 5) is 33.5. The molecule has 17 heavy (non-hydrogen) atoms. The normalized spacial score (nSPS) is 15.5. The number of amides is 2. The van der Waals surface area contributed by atoms with Crippen LogP contribution in [0.15, 0.2) is 0 Å². The number of carboxylic acids is 2. The molecule has 96 valence electrons. The first-order valence-electron chi connectivity index (χ1n) is 5.48. The van der Waals surface area contributed by atoms with Crippen molar-refractivity contribution in [3.05, 3.63) is 0 Å². The van der Waals surface area contributed by atoms with Gasteiger partial charge in [-0.15, -0.1) is 0 Å². The van der Waals surface area contributed by atoms with Gasteiger partial charge in [0, 0.05) is 6.04 Å². The van der Waals surface area contributed by atoms with E-state index in [1.165, 1.54) is 0 Å². The van der Waals surface area contributed by atoms with Gasteiger partial charge in [0.05, 0.1) is 0 Å². The number of aliphatic carboxylic acids is 2. The van der Waals surface area contributed by atoms with E-state index in [2.05, 4.69) is 5.32 Å². The third kappa shape index (κ3) is 4.71. The van der Waals surface area contributed by atoms with Crippen molar-refractivity contribution in [1.29, 1.82) is 0 Å². The zero-order chi connectivity index (χ0) is 12.8. The Balaban J connectivity index is 2.51. The summed E-state index contributed by atoms with van der Waals surface area (Å²) < 4.78 is 0. The Bertz CT molecular complexity index is 296. The number of rotatable bonds is 5. The summed E-state index contributed by atoms with van der Waals surface area (Å²) in [5, 5.41) is 19.8. The Hall–Kier alpha value is -1.79. The quantitative estimate of drug-likeness (QED) is 0.636. The smallest absolute Gasteiger partial charge is 0.323 e.